The Kier molecular flexibility index (Phi) is 8.12. The molecule has 3 rings (SSSR count). The van der Waals surface area contributed by atoms with Gasteiger partial charge in [-0.2, -0.15) is 0 Å². The Morgan fingerprint density at radius 1 is 0.824 bits per heavy atom. The van der Waals surface area contributed by atoms with Crippen LogP contribution in [0.2, 0.25) is 5.02 Å². The molecule has 1 heterocycles. The molecule has 7 nitrogen and oxygen atoms in total. The predicted octanol–water partition coefficient (Wildman–Crippen LogP) is 4.92. The van der Waals surface area contributed by atoms with Gasteiger partial charge in [-0.3, -0.25) is 0 Å². The van der Waals surface area contributed by atoms with Crippen molar-refractivity contribution in [2.24, 2.45) is 0 Å². The lowest BCUT2D eigenvalue weighted by molar-refractivity contribution is -0.139. The zero-order valence-electron chi connectivity index (χ0n) is 19.4. The molecule has 2 aromatic carbocycles. The molecule has 2 aromatic rings. The first kappa shape index (κ1) is 25.1. The zero-order chi connectivity index (χ0) is 24.8. The van der Waals surface area contributed by atoms with E-state index in [1.807, 2.05) is 0 Å². The molecule has 1 aliphatic rings. The second kappa shape index (κ2) is 11.0. The molecule has 0 aromatic heterocycles. The van der Waals surface area contributed by atoms with E-state index in [-0.39, 0.29) is 18.8 Å². The van der Waals surface area contributed by atoms with Crippen LogP contribution in [0.1, 0.15) is 49.5 Å². The number of hydrogen-bond donors (Lipinski definition) is 1. The lowest BCUT2D eigenvalue weighted by Gasteiger charge is -2.30. The Bertz CT molecular complexity index is 1130. The van der Waals surface area contributed by atoms with E-state index < -0.39 is 23.8 Å². The quantitative estimate of drug-likeness (QED) is 0.441. The molecule has 0 atom stereocenters. The van der Waals surface area contributed by atoms with Gasteiger partial charge in [0.15, 0.2) is 0 Å². The molecule has 1 N–H and O–H groups in total. The number of dihydropyridines is 1. The van der Waals surface area contributed by atoms with Crippen molar-refractivity contribution >= 4 is 29.5 Å². The second-order valence-electron chi connectivity index (χ2n) is 7.51. The molecular weight excluding hydrogens is 458 g/mol. The van der Waals surface area contributed by atoms with Gasteiger partial charge in [0.05, 0.1) is 40.9 Å². The molecule has 1 aliphatic heterocycles. The summed E-state index contributed by atoms with van der Waals surface area (Å²) in [4.78, 5) is 38.2. The summed E-state index contributed by atoms with van der Waals surface area (Å²) in [7, 11) is 0. The first-order valence-electron chi connectivity index (χ1n) is 10.9. The minimum Gasteiger partial charge on any atom is -0.463 e. The molecule has 0 unspecified atom stereocenters. The number of benzene rings is 2. The van der Waals surface area contributed by atoms with Crippen LogP contribution in [0.5, 0.6) is 5.75 Å². The van der Waals surface area contributed by atoms with E-state index in [0.29, 0.717) is 38.9 Å². The van der Waals surface area contributed by atoms with Gasteiger partial charge in [-0.15, -0.1) is 0 Å². The van der Waals surface area contributed by atoms with Crippen molar-refractivity contribution in [1.82, 2.24) is 5.32 Å². The van der Waals surface area contributed by atoms with Gasteiger partial charge in [-0.05, 0) is 57.5 Å². The van der Waals surface area contributed by atoms with E-state index in [9.17, 15) is 14.4 Å². The summed E-state index contributed by atoms with van der Waals surface area (Å²) in [5.41, 5.74) is 2.70. The second-order valence-corrected chi connectivity index (χ2v) is 7.92. The minimum absolute atomic E-state index is 0.191. The van der Waals surface area contributed by atoms with Crippen LogP contribution >= 0.6 is 11.6 Å². The summed E-state index contributed by atoms with van der Waals surface area (Å²) in [5.74, 6) is -2.07. The van der Waals surface area contributed by atoms with E-state index in [4.69, 9.17) is 25.8 Å². The van der Waals surface area contributed by atoms with Gasteiger partial charge in [0.1, 0.15) is 5.75 Å². The number of hydrogen-bond acceptors (Lipinski definition) is 7. The van der Waals surface area contributed by atoms with Crippen molar-refractivity contribution in [2.45, 2.75) is 33.6 Å². The van der Waals surface area contributed by atoms with Gasteiger partial charge in [0.25, 0.3) is 0 Å². The fourth-order valence-electron chi connectivity index (χ4n) is 3.80. The summed E-state index contributed by atoms with van der Waals surface area (Å²) in [6.45, 7) is 7.32. The number of carbonyl (C=O) groups is 3. The third-order valence-electron chi connectivity index (χ3n) is 5.27. The number of carbonyl (C=O) groups excluding carboxylic acids is 3. The summed E-state index contributed by atoms with van der Waals surface area (Å²) in [5, 5.41) is 3.38. The molecule has 0 amide bonds. The van der Waals surface area contributed by atoms with E-state index in [1.54, 1.807) is 76.2 Å². The maximum Gasteiger partial charge on any atom is 0.345 e. The Morgan fingerprint density at radius 2 is 1.35 bits per heavy atom. The van der Waals surface area contributed by atoms with Gasteiger partial charge < -0.3 is 19.5 Å². The lowest BCUT2D eigenvalue weighted by Crippen LogP contribution is -2.32. The fraction of sp³-hybridized carbons (Fsp3) is 0.269. The van der Waals surface area contributed by atoms with Crippen LogP contribution in [-0.4, -0.2) is 31.1 Å². The third-order valence-corrected chi connectivity index (χ3v) is 5.60. The van der Waals surface area contributed by atoms with Crippen LogP contribution in [0.4, 0.5) is 0 Å². The van der Waals surface area contributed by atoms with Crippen LogP contribution in [0, 0.1) is 0 Å². The highest BCUT2D eigenvalue weighted by Gasteiger charge is 2.37. The Balaban J connectivity index is 1.98. The molecular formula is C26H26ClNO6. The molecule has 0 aliphatic carbocycles. The molecule has 178 valence electrons. The molecule has 34 heavy (non-hydrogen) atoms. The van der Waals surface area contributed by atoms with Gasteiger partial charge >= 0.3 is 17.9 Å². The van der Waals surface area contributed by atoms with Crippen LogP contribution in [0.15, 0.2) is 71.1 Å². The van der Waals surface area contributed by atoms with E-state index in [2.05, 4.69) is 5.32 Å². The van der Waals surface area contributed by atoms with Gasteiger partial charge in [-0.1, -0.05) is 35.9 Å². The van der Waals surface area contributed by atoms with Crippen molar-refractivity contribution in [3.63, 3.8) is 0 Å². The van der Waals surface area contributed by atoms with E-state index in [1.165, 1.54) is 0 Å². The van der Waals surface area contributed by atoms with Crippen molar-refractivity contribution in [3.05, 3.63) is 87.2 Å². The Hall–Kier alpha value is -3.58. The molecule has 0 bridgehead atoms. The third kappa shape index (κ3) is 5.31. The standard InChI is InChI=1S/C26H26ClNO6/c1-5-32-25(30)21-15(3)28-16(4)22(26(31)33-6-2)23(21)17-11-13-18(14-12-17)34-24(29)19-9-7-8-10-20(19)27/h7-14,23,28H,5-6H2,1-4H3. The molecule has 0 saturated heterocycles. The smallest absolute Gasteiger partial charge is 0.345 e. The number of halogens is 1. The van der Waals surface area contributed by atoms with E-state index >= 15 is 0 Å². The molecule has 8 heteroatoms. The highest BCUT2D eigenvalue weighted by atomic mass is 35.5. The highest BCUT2D eigenvalue weighted by Crippen LogP contribution is 2.39. The Labute approximate surface area is 203 Å². The van der Waals surface area contributed by atoms with E-state index in [0.717, 1.165) is 0 Å². The van der Waals surface area contributed by atoms with Gasteiger partial charge in [-0.25, -0.2) is 14.4 Å². The number of esters is 3. The average Bonchev–Trinajstić information content (AvgIpc) is 2.79. The summed E-state index contributed by atoms with van der Waals surface area (Å²) < 4.78 is 16.0. The van der Waals surface area contributed by atoms with Crippen LogP contribution < -0.4 is 10.1 Å². The largest absolute Gasteiger partial charge is 0.463 e. The lowest BCUT2D eigenvalue weighted by atomic mass is 9.80. The Morgan fingerprint density at radius 3 is 1.85 bits per heavy atom. The van der Waals surface area contributed by atoms with Gasteiger partial charge in [0.2, 0.25) is 0 Å². The molecule has 0 spiro atoms. The molecule has 0 fully saturated rings. The van der Waals surface area contributed by atoms with Crippen molar-refractivity contribution in [2.75, 3.05) is 13.2 Å². The highest BCUT2D eigenvalue weighted by molar-refractivity contribution is 6.33. The summed E-state index contributed by atoms with van der Waals surface area (Å²) in [6, 6.07) is 13.2. The number of rotatable bonds is 7. The van der Waals surface area contributed by atoms with Crippen LogP contribution in [-0.2, 0) is 19.1 Å². The first-order valence-corrected chi connectivity index (χ1v) is 11.3. The van der Waals surface area contributed by atoms with Crippen molar-refractivity contribution in [1.29, 1.82) is 0 Å². The number of nitrogens with one attached hydrogen (secondary N) is 1. The minimum atomic E-state index is -0.715. The SMILES string of the molecule is CCOC(=O)C1=C(C)NC(C)=C(C(=O)OCC)C1c1ccc(OC(=O)c2ccccc2Cl)cc1. The van der Waals surface area contributed by atoms with Gasteiger partial charge in [0, 0.05) is 11.4 Å². The number of allylic oxidation sites excluding steroid dienone is 2. The average molecular weight is 484 g/mol. The van der Waals surface area contributed by atoms with Crippen LogP contribution in [0.25, 0.3) is 0 Å². The zero-order valence-corrected chi connectivity index (χ0v) is 20.2. The maximum absolute atomic E-state index is 12.8. The van der Waals surface area contributed by atoms with Crippen molar-refractivity contribution in [3.8, 4) is 5.75 Å². The van der Waals surface area contributed by atoms with Crippen molar-refractivity contribution < 1.29 is 28.6 Å². The number of ether oxygens (including phenoxy) is 3. The summed E-state index contributed by atoms with van der Waals surface area (Å²) in [6.07, 6.45) is 0. The first-order chi connectivity index (χ1) is 16.3. The predicted molar refractivity (Wildman–Crippen MR) is 127 cm³/mol. The molecule has 0 saturated carbocycles. The summed E-state index contributed by atoms with van der Waals surface area (Å²) >= 11 is 6.08. The maximum atomic E-state index is 12.8. The normalized spacial score (nSPS) is 13.9. The molecule has 0 radical (unpaired) electrons. The van der Waals surface area contributed by atoms with Crippen LogP contribution in [0.3, 0.4) is 0 Å². The fourth-order valence-corrected chi connectivity index (χ4v) is 4.02. The topological polar surface area (TPSA) is 90.9 Å². The monoisotopic (exact) mass is 483 g/mol.